The van der Waals surface area contributed by atoms with Crippen molar-refractivity contribution >= 4 is 5.97 Å². The lowest BCUT2D eigenvalue weighted by molar-refractivity contribution is -0.190. The van der Waals surface area contributed by atoms with Crippen molar-refractivity contribution in [1.82, 2.24) is 4.90 Å². The van der Waals surface area contributed by atoms with Crippen LogP contribution in [0.3, 0.4) is 0 Å². The highest BCUT2D eigenvalue weighted by molar-refractivity contribution is 5.67. The first kappa shape index (κ1) is 16.3. The first-order valence-corrected chi connectivity index (χ1v) is 6.87. The van der Waals surface area contributed by atoms with Gasteiger partial charge in [-0.15, -0.1) is 0 Å². The highest BCUT2D eigenvalue weighted by Crippen LogP contribution is 2.31. The lowest BCUT2D eigenvalue weighted by Crippen LogP contribution is -2.47. The third-order valence-corrected chi connectivity index (χ3v) is 3.77. The second-order valence-corrected chi connectivity index (χ2v) is 5.28. The van der Waals surface area contributed by atoms with Crippen molar-refractivity contribution in [3.63, 3.8) is 0 Å². The molecule has 0 amide bonds. The Hall–Kier alpha value is -0.780. The van der Waals surface area contributed by atoms with Crippen molar-refractivity contribution < 1.29 is 23.1 Å². The number of likely N-dealkylation sites (tertiary alicyclic amines) is 1. The van der Waals surface area contributed by atoms with Crippen molar-refractivity contribution in [2.75, 3.05) is 13.1 Å². The Balaban J connectivity index is 2.66. The first-order chi connectivity index (χ1) is 8.84. The van der Waals surface area contributed by atoms with Crippen LogP contribution in [0.5, 0.6) is 0 Å². The van der Waals surface area contributed by atoms with Gasteiger partial charge in [-0.3, -0.25) is 9.69 Å². The molecule has 2 unspecified atom stereocenters. The number of hydrogen-bond acceptors (Lipinski definition) is 2. The van der Waals surface area contributed by atoms with Crippen molar-refractivity contribution in [3.8, 4) is 0 Å². The van der Waals surface area contributed by atoms with Crippen LogP contribution in [0.25, 0.3) is 0 Å². The predicted molar refractivity (Wildman–Crippen MR) is 65.9 cm³/mol. The van der Waals surface area contributed by atoms with Crippen LogP contribution >= 0.6 is 0 Å². The smallest absolute Gasteiger partial charge is 0.404 e. The van der Waals surface area contributed by atoms with Gasteiger partial charge >= 0.3 is 12.1 Å². The van der Waals surface area contributed by atoms with E-state index in [2.05, 4.69) is 6.92 Å². The quantitative estimate of drug-likeness (QED) is 0.840. The van der Waals surface area contributed by atoms with Gasteiger partial charge in [-0.2, -0.15) is 13.2 Å². The topological polar surface area (TPSA) is 40.5 Å². The molecule has 0 aliphatic carbocycles. The molecule has 1 rings (SSSR count). The Morgan fingerprint density at radius 3 is 2.58 bits per heavy atom. The summed E-state index contributed by atoms with van der Waals surface area (Å²) in [5, 5.41) is 8.66. The molecular weight excluding hydrogens is 259 g/mol. The number of hydrogen-bond donors (Lipinski definition) is 1. The molecule has 1 heterocycles. The molecule has 1 fully saturated rings. The van der Waals surface area contributed by atoms with E-state index in [4.69, 9.17) is 5.11 Å². The molecule has 2 atom stereocenters. The van der Waals surface area contributed by atoms with Gasteiger partial charge in [0.1, 0.15) is 6.04 Å². The Bertz CT molecular complexity index is 294. The van der Waals surface area contributed by atoms with E-state index in [0.29, 0.717) is 19.0 Å². The molecular formula is C13H22F3NO2. The van der Waals surface area contributed by atoms with E-state index in [1.54, 1.807) is 0 Å². The standard InChI is InChI=1S/C13H22F3NO2/c1-2-4-10-5-3-7-17(8-6-10)11(9-12(18)19)13(14,15)16/h10-11H,2-9H2,1H3,(H,18,19). The third-order valence-electron chi connectivity index (χ3n) is 3.77. The second kappa shape index (κ2) is 7.12. The minimum Gasteiger partial charge on any atom is -0.481 e. The Morgan fingerprint density at radius 1 is 1.37 bits per heavy atom. The number of aliphatic carboxylic acids is 1. The fourth-order valence-electron chi connectivity index (χ4n) is 2.81. The SMILES string of the molecule is CCCC1CCCN(C(CC(=O)O)C(F)(F)F)CC1. The molecule has 0 aromatic heterocycles. The fourth-order valence-corrected chi connectivity index (χ4v) is 2.81. The van der Waals surface area contributed by atoms with E-state index in [1.807, 2.05) is 0 Å². The van der Waals surface area contributed by atoms with Gasteiger partial charge in [0.05, 0.1) is 6.42 Å². The molecule has 1 N–H and O–H groups in total. The zero-order chi connectivity index (χ0) is 14.5. The van der Waals surface area contributed by atoms with Crippen LogP contribution in [0, 0.1) is 5.92 Å². The van der Waals surface area contributed by atoms with Gasteiger partial charge in [0.25, 0.3) is 0 Å². The largest absolute Gasteiger partial charge is 0.481 e. The zero-order valence-electron chi connectivity index (χ0n) is 11.2. The van der Waals surface area contributed by atoms with Crippen LogP contribution in [0.1, 0.15) is 45.4 Å². The van der Waals surface area contributed by atoms with Gasteiger partial charge < -0.3 is 5.11 Å². The van der Waals surface area contributed by atoms with Crippen LogP contribution in [0.2, 0.25) is 0 Å². The lowest BCUT2D eigenvalue weighted by atomic mass is 9.96. The molecule has 6 heteroatoms. The zero-order valence-corrected chi connectivity index (χ0v) is 11.2. The second-order valence-electron chi connectivity index (χ2n) is 5.28. The summed E-state index contributed by atoms with van der Waals surface area (Å²) in [7, 11) is 0. The van der Waals surface area contributed by atoms with Gasteiger partial charge in [-0.1, -0.05) is 19.8 Å². The van der Waals surface area contributed by atoms with Crippen LogP contribution < -0.4 is 0 Å². The minimum absolute atomic E-state index is 0.345. The maximum atomic E-state index is 12.9. The van der Waals surface area contributed by atoms with Gasteiger partial charge in [-0.05, 0) is 38.3 Å². The summed E-state index contributed by atoms with van der Waals surface area (Å²) in [5.74, 6) is -0.912. The molecule has 0 saturated carbocycles. The monoisotopic (exact) mass is 281 g/mol. The molecule has 19 heavy (non-hydrogen) atoms. The van der Waals surface area contributed by atoms with E-state index in [9.17, 15) is 18.0 Å². The van der Waals surface area contributed by atoms with Crippen molar-refractivity contribution in [2.45, 2.75) is 57.7 Å². The number of carboxylic acids is 1. The number of alkyl halides is 3. The summed E-state index contributed by atoms with van der Waals surface area (Å²) in [6, 6.07) is -1.84. The molecule has 1 aliphatic heterocycles. The number of halogens is 3. The minimum atomic E-state index is -4.47. The summed E-state index contributed by atoms with van der Waals surface area (Å²) in [6.07, 6.45) is -0.838. The van der Waals surface area contributed by atoms with Gasteiger partial charge in [-0.25, -0.2) is 0 Å². The summed E-state index contributed by atoms with van der Waals surface area (Å²) in [6.45, 7) is 2.77. The molecule has 112 valence electrons. The van der Waals surface area contributed by atoms with Crippen molar-refractivity contribution in [1.29, 1.82) is 0 Å². The molecule has 1 saturated heterocycles. The van der Waals surface area contributed by atoms with E-state index in [-0.39, 0.29) is 0 Å². The van der Waals surface area contributed by atoms with Crippen LogP contribution in [-0.2, 0) is 4.79 Å². The number of carbonyl (C=O) groups is 1. The third kappa shape index (κ3) is 5.38. The molecule has 1 aliphatic rings. The number of nitrogens with zero attached hydrogens (tertiary/aromatic N) is 1. The molecule has 0 bridgehead atoms. The Labute approximate surface area is 111 Å². The summed E-state index contributed by atoms with van der Waals surface area (Å²) >= 11 is 0. The average Bonchev–Trinajstić information content (AvgIpc) is 2.50. The first-order valence-electron chi connectivity index (χ1n) is 6.87. The number of rotatable bonds is 5. The van der Waals surface area contributed by atoms with Crippen molar-refractivity contribution in [2.24, 2.45) is 5.92 Å². The molecule has 3 nitrogen and oxygen atoms in total. The maximum Gasteiger partial charge on any atom is 0.404 e. The molecule has 0 aromatic carbocycles. The molecule has 0 aromatic rings. The van der Waals surface area contributed by atoms with E-state index in [1.165, 1.54) is 4.90 Å². The fraction of sp³-hybridized carbons (Fsp3) is 0.923. The van der Waals surface area contributed by atoms with Crippen LogP contribution in [0.4, 0.5) is 13.2 Å². The molecule has 0 spiro atoms. The Morgan fingerprint density at radius 2 is 2.05 bits per heavy atom. The normalized spacial score (nSPS) is 23.9. The van der Waals surface area contributed by atoms with Gasteiger partial charge in [0.15, 0.2) is 0 Å². The number of carboxylic acid groups (broad SMARTS) is 1. The lowest BCUT2D eigenvalue weighted by Gasteiger charge is -2.31. The molecule has 0 radical (unpaired) electrons. The summed E-state index contributed by atoms with van der Waals surface area (Å²) in [4.78, 5) is 11.9. The van der Waals surface area contributed by atoms with Crippen molar-refractivity contribution in [3.05, 3.63) is 0 Å². The van der Waals surface area contributed by atoms with Gasteiger partial charge in [0, 0.05) is 0 Å². The summed E-state index contributed by atoms with van der Waals surface area (Å²) < 4.78 is 38.8. The summed E-state index contributed by atoms with van der Waals surface area (Å²) in [5.41, 5.74) is 0. The highest BCUT2D eigenvalue weighted by atomic mass is 19.4. The predicted octanol–water partition coefficient (Wildman–Crippen LogP) is 3.29. The highest BCUT2D eigenvalue weighted by Gasteiger charge is 2.44. The van der Waals surface area contributed by atoms with Gasteiger partial charge in [0.2, 0.25) is 0 Å². The van der Waals surface area contributed by atoms with E-state index in [0.717, 1.165) is 32.1 Å². The Kier molecular flexibility index (Phi) is 6.10. The van der Waals surface area contributed by atoms with E-state index >= 15 is 0 Å². The maximum absolute atomic E-state index is 12.9. The van der Waals surface area contributed by atoms with E-state index < -0.39 is 24.6 Å². The van der Waals surface area contributed by atoms with Crippen LogP contribution in [0.15, 0.2) is 0 Å². The van der Waals surface area contributed by atoms with Crippen LogP contribution in [-0.4, -0.2) is 41.3 Å². The average molecular weight is 281 g/mol.